The molecule has 0 radical (unpaired) electrons. The molecule has 36 heavy (non-hydrogen) atoms. The molecule has 2 aliphatic heterocycles. The Bertz CT molecular complexity index is 1380. The van der Waals surface area contributed by atoms with Crippen molar-refractivity contribution in [2.24, 2.45) is 0 Å². The largest absolute Gasteiger partial charge is 0.472 e. The number of aromatic amines is 1. The molecule has 196 valence electrons. The van der Waals surface area contributed by atoms with Crippen LogP contribution < -0.4 is 22.7 Å². The second-order valence-electron chi connectivity index (χ2n) is 8.09. The summed E-state index contributed by atoms with van der Waals surface area (Å²) in [5, 5.41) is 8.41. The van der Waals surface area contributed by atoms with Crippen LogP contribution in [-0.4, -0.2) is 70.5 Å². The molecular weight excluding hydrogens is 523 g/mol. The van der Waals surface area contributed by atoms with E-state index in [0.29, 0.717) is 0 Å². The summed E-state index contributed by atoms with van der Waals surface area (Å²) in [6.45, 7) is 0.419. The number of hydrogen-bond acceptors (Lipinski definition) is 13. The number of nitrogens with two attached hydrogens (primary N) is 1. The number of thioether (sulfide) groups is 1. The molecule has 4 rings (SSSR count). The van der Waals surface area contributed by atoms with Crippen LogP contribution in [0.25, 0.3) is 0 Å². The van der Waals surface area contributed by atoms with E-state index in [1.54, 1.807) is 0 Å². The number of nitrogens with one attached hydrogen (secondary N) is 1. The number of phosphoric ester groups is 1. The molecule has 2 saturated heterocycles. The molecule has 4 heterocycles. The van der Waals surface area contributed by atoms with Crippen LogP contribution >= 0.6 is 19.6 Å². The molecule has 16 nitrogen and oxygen atoms in total. The highest BCUT2D eigenvalue weighted by atomic mass is 32.2. The van der Waals surface area contributed by atoms with Crippen molar-refractivity contribution in [1.29, 1.82) is 0 Å². The lowest BCUT2D eigenvalue weighted by molar-refractivity contribution is -0.124. The van der Waals surface area contributed by atoms with E-state index in [1.165, 1.54) is 24.0 Å². The van der Waals surface area contributed by atoms with Gasteiger partial charge in [-0.1, -0.05) is 0 Å². The number of anilines is 1. The zero-order chi connectivity index (χ0) is 26.2. The Labute approximate surface area is 206 Å². The van der Waals surface area contributed by atoms with Gasteiger partial charge in [0.2, 0.25) is 5.95 Å². The monoisotopic (exact) mass is 546 g/mol. The summed E-state index contributed by atoms with van der Waals surface area (Å²) in [6, 6.07) is 0. The number of nitrogen functional groups attached to an aromatic ring is 1. The number of aliphatic hydroxyl groups is 1. The Morgan fingerprint density at radius 3 is 2.78 bits per heavy atom. The molecule has 5 N–H and O–H groups in total. The minimum Gasteiger partial charge on any atom is -0.395 e. The van der Waals surface area contributed by atoms with Crippen LogP contribution in [0.5, 0.6) is 0 Å². The van der Waals surface area contributed by atoms with Crippen LogP contribution in [0, 0.1) is 6.92 Å². The van der Waals surface area contributed by atoms with Gasteiger partial charge in [-0.3, -0.25) is 32.8 Å². The lowest BCUT2D eigenvalue weighted by Gasteiger charge is -2.21. The molecular formula is C18H23N6O10PS. The maximum Gasteiger partial charge on any atom is 0.472 e. The van der Waals surface area contributed by atoms with Gasteiger partial charge in [0.1, 0.15) is 18.7 Å². The SMILES string of the molecule is Cc1cn([C@H]2CC(=O)[C@@H](COP(=O)(O)OC3C[C@H](n4cnc(N)nc4=O)S[C@@H]3CO)O2)c(=O)[nH]c1=O. The third kappa shape index (κ3) is 5.67. The number of ether oxygens (including phenoxy) is 1. The van der Waals surface area contributed by atoms with Crippen LogP contribution in [-0.2, 0) is 23.1 Å². The Morgan fingerprint density at radius 2 is 2.08 bits per heavy atom. The molecule has 2 aromatic heterocycles. The first-order valence-corrected chi connectivity index (χ1v) is 13.0. The Hall–Kier alpha value is -2.66. The lowest BCUT2D eigenvalue weighted by atomic mass is 10.2. The van der Waals surface area contributed by atoms with Gasteiger partial charge in [-0.2, -0.15) is 4.98 Å². The number of carbonyl (C=O) groups excluding carboxylic acids is 1. The molecule has 2 aromatic rings. The third-order valence-electron chi connectivity index (χ3n) is 5.59. The maximum atomic E-state index is 12.6. The Morgan fingerprint density at radius 1 is 1.33 bits per heavy atom. The van der Waals surface area contributed by atoms with E-state index in [9.17, 15) is 33.7 Å². The summed E-state index contributed by atoms with van der Waals surface area (Å²) in [6.07, 6.45) is -1.01. The van der Waals surface area contributed by atoms with Crippen molar-refractivity contribution >= 4 is 31.3 Å². The Balaban J connectivity index is 1.38. The molecule has 0 saturated carbocycles. The van der Waals surface area contributed by atoms with E-state index in [-0.39, 0.29) is 24.4 Å². The zero-order valence-electron chi connectivity index (χ0n) is 18.8. The summed E-state index contributed by atoms with van der Waals surface area (Å²) < 4.78 is 30.5. The fraction of sp³-hybridized carbons (Fsp3) is 0.556. The molecule has 0 amide bonds. The summed E-state index contributed by atoms with van der Waals surface area (Å²) in [5.41, 5.74) is 3.61. The van der Waals surface area contributed by atoms with Gasteiger partial charge >= 0.3 is 19.2 Å². The van der Waals surface area contributed by atoms with Crippen molar-refractivity contribution in [2.75, 3.05) is 18.9 Å². The van der Waals surface area contributed by atoms with Crippen molar-refractivity contribution in [3.8, 4) is 0 Å². The molecule has 2 aliphatic rings. The van der Waals surface area contributed by atoms with Gasteiger partial charge < -0.3 is 20.5 Å². The van der Waals surface area contributed by atoms with Crippen molar-refractivity contribution in [3.63, 3.8) is 0 Å². The number of Topliss-reactive ketones (excluding diaryl/α,β-unsaturated/α-hetero) is 1. The fourth-order valence-electron chi connectivity index (χ4n) is 3.78. The quantitative estimate of drug-likeness (QED) is 0.274. The van der Waals surface area contributed by atoms with Crippen molar-refractivity contribution in [1.82, 2.24) is 24.1 Å². The third-order valence-corrected chi connectivity index (χ3v) is 8.13. The van der Waals surface area contributed by atoms with E-state index >= 15 is 0 Å². The zero-order valence-corrected chi connectivity index (χ0v) is 20.5. The number of hydrogen-bond donors (Lipinski definition) is 4. The summed E-state index contributed by atoms with van der Waals surface area (Å²) >= 11 is 1.12. The number of H-pyrrole nitrogens is 1. The van der Waals surface area contributed by atoms with Crippen molar-refractivity contribution in [2.45, 2.75) is 48.8 Å². The first-order chi connectivity index (χ1) is 17.0. The predicted octanol–water partition coefficient (Wildman–Crippen LogP) is -1.57. The normalized spacial score (nSPS) is 27.9. The highest BCUT2D eigenvalue weighted by molar-refractivity contribution is 8.00. The molecule has 0 aliphatic carbocycles. The fourth-order valence-corrected chi connectivity index (χ4v) is 6.23. The number of aryl methyl sites for hydroxylation is 1. The van der Waals surface area contributed by atoms with Gasteiger partial charge in [-0.05, 0) is 6.92 Å². The van der Waals surface area contributed by atoms with Crippen LogP contribution in [0.1, 0.15) is 30.0 Å². The number of ketones is 1. The van der Waals surface area contributed by atoms with E-state index in [1.807, 2.05) is 0 Å². The summed E-state index contributed by atoms with van der Waals surface area (Å²) in [5.74, 6) is -0.686. The highest BCUT2D eigenvalue weighted by Crippen LogP contribution is 2.52. The highest BCUT2D eigenvalue weighted by Gasteiger charge is 2.43. The first-order valence-electron chi connectivity index (χ1n) is 10.6. The van der Waals surface area contributed by atoms with Gasteiger partial charge in [-0.25, -0.2) is 19.1 Å². The van der Waals surface area contributed by atoms with Crippen LogP contribution in [0.2, 0.25) is 0 Å². The molecule has 18 heteroatoms. The first kappa shape index (κ1) is 26.4. The number of phosphoric acid groups is 1. The van der Waals surface area contributed by atoms with Gasteiger partial charge in [-0.15, -0.1) is 11.8 Å². The molecule has 2 unspecified atom stereocenters. The van der Waals surface area contributed by atoms with Crippen molar-refractivity contribution in [3.05, 3.63) is 49.4 Å². The van der Waals surface area contributed by atoms with Crippen molar-refractivity contribution < 1.29 is 33.1 Å². The number of aliphatic hydroxyl groups excluding tert-OH is 1. The standard InChI is InChI=1S/C18H23N6O10PS/c1-8-4-23(17(28)21-15(8)27)13-2-9(26)11(33-13)6-32-35(30,31)34-10-3-14(36-12(10)5-25)24-7-20-16(19)22-18(24)29/h4,7,10-14,25H,2-3,5-6H2,1H3,(H,30,31)(H2,19,22,29)(H,21,27,28)/t10?,11-,12-,13-,14-/m1/s1. The summed E-state index contributed by atoms with van der Waals surface area (Å²) in [4.78, 5) is 67.7. The van der Waals surface area contributed by atoms with E-state index < -0.39 is 72.8 Å². The molecule has 0 aromatic carbocycles. The molecule has 6 atom stereocenters. The average molecular weight is 546 g/mol. The summed E-state index contributed by atoms with van der Waals surface area (Å²) in [7, 11) is -4.74. The van der Waals surface area contributed by atoms with Crippen LogP contribution in [0.15, 0.2) is 26.9 Å². The molecule has 0 bridgehead atoms. The van der Waals surface area contributed by atoms with E-state index in [4.69, 9.17) is 19.5 Å². The second kappa shape index (κ2) is 10.4. The van der Waals surface area contributed by atoms with E-state index in [0.717, 1.165) is 16.3 Å². The predicted molar refractivity (Wildman–Crippen MR) is 123 cm³/mol. The number of rotatable bonds is 8. The topological polar surface area (TPSA) is 231 Å². The molecule has 2 fully saturated rings. The lowest BCUT2D eigenvalue weighted by Crippen LogP contribution is -2.33. The van der Waals surface area contributed by atoms with Crippen LogP contribution in [0.3, 0.4) is 0 Å². The van der Waals surface area contributed by atoms with Crippen LogP contribution in [0.4, 0.5) is 5.95 Å². The van der Waals surface area contributed by atoms with Gasteiger partial charge in [0.05, 0.1) is 36.4 Å². The Kier molecular flexibility index (Phi) is 7.61. The smallest absolute Gasteiger partial charge is 0.395 e. The average Bonchev–Trinajstić information content (AvgIpc) is 3.37. The second-order valence-corrected chi connectivity index (χ2v) is 10.9. The number of nitrogens with zero attached hydrogens (tertiary/aromatic N) is 4. The van der Waals surface area contributed by atoms with Gasteiger partial charge in [0.25, 0.3) is 5.56 Å². The minimum atomic E-state index is -4.74. The number of carbonyl (C=O) groups is 1. The van der Waals surface area contributed by atoms with E-state index in [2.05, 4.69) is 15.0 Å². The van der Waals surface area contributed by atoms with Gasteiger partial charge in [0.15, 0.2) is 5.78 Å². The molecule has 0 spiro atoms. The van der Waals surface area contributed by atoms with Gasteiger partial charge in [0, 0.05) is 18.2 Å². The minimum absolute atomic E-state index is 0.0480. The maximum absolute atomic E-state index is 12.6. The number of aromatic nitrogens is 5.